The lowest BCUT2D eigenvalue weighted by molar-refractivity contribution is -0.137. The van der Waals surface area contributed by atoms with Crippen LogP contribution in [0, 0.1) is 0 Å². The van der Waals surface area contributed by atoms with Crippen LogP contribution in [0.3, 0.4) is 0 Å². The Morgan fingerprint density at radius 2 is 1.88 bits per heavy atom. The molecule has 0 spiro atoms. The van der Waals surface area contributed by atoms with Gasteiger partial charge < -0.3 is 5.32 Å². The summed E-state index contributed by atoms with van der Waals surface area (Å²) in [5.41, 5.74) is -0.754. The van der Waals surface area contributed by atoms with Crippen molar-refractivity contribution in [3.63, 3.8) is 0 Å². The Kier molecular flexibility index (Phi) is 7.02. The maximum Gasteiger partial charge on any atom is 0.416 e. The fourth-order valence-electron chi connectivity index (χ4n) is 3.02. The Bertz CT molecular complexity index is 1150. The lowest BCUT2D eigenvalue weighted by Crippen LogP contribution is -2.34. The molecule has 6 nitrogen and oxygen atoms in total. The highest BCUT2D eigenvalue weighted by Gasteiger charge is 2.30. The van der Waals surface area contributed by atoms with Gasteiger partial charge in [0.15, 0.2) is 5.82 Å². The summed E-state index contributed by atoms with van der Waals surface area (Å²) in [4.78, 5) is 25.0. The van der Waals surface area contributed by atoms with Crippen LogP contribution in [-0.2, 0) is 30.6 Å². The Hall–Kier alpha value is -3.14. The summed E-state index contributed by atoms with van der Waals surface area (Å²) >= 11 is 5.88. The lowest BCUT2D eigenvalue weighted by atomic mass is 10.1. The van der Waals surface area contributed by atoms with Crippen molar-refractivity contribution in [2.75, 3.05) is 0 Å². The average molecular weight is 471 g/mol. The highest BCUT2D eigenvalue weighted by molar-refractivity contribution is 6.30. The Labute approximate surface area is 185 Å². The highest BCUT2D eigenvalue weighted by Crippen LogP contribution is 2.29. The average Bonchev–Trinajstić information content (AvgIpc) is 3.01. The Morgan fingerprint density at radius 1 is 1.19 bits per heavy atom. The van der Waals surface area contributed by atoms with Gasteiger partial charge in [-0.3, -0.25) is 9.36 Å². The zero-order valence-electron chi connectivity index (χ0n) is 16.9. The second kappa shape index (κ2) is 9.56. The van der Waals surface area contributed by atoms with E-state index in [4.69, 9.17) is 11.6 Å². The van der Waals surface area contributed by atoms with Crippen LogP contribution < -0.4 is 11.0 Å². The van der Waals surface area contributed by atoms with Gasteiger partial charge in [-0.25, -0.2) is 13.9 Å². The molecule has 2 aromatic carbocycles. The number of hydrogen-bond acceptors (Lipinski definition) is 3. The second-order valence-electron chi connectivity index (χ2n) is 7.14. The van der Waals surface area contributed by atoms with Gasteiger partial charge in [-0.05, 0) is 48.9 Å². The van der Waals surface area contributed by atoms with Crippen molar-refractivity contribution in [2.24, 2.45) is 0 Å². The van der Waals surface area contributed by atoms with Crippen LogP contribution in [0.2, 0.25) is 5.02 Å². The summed E-state index contributed by atoms with van der Waals surface area (Å²) in [5, 5.41) is 7.08. The van der Waals surface area contributed by atoms with E-state index in [0.29, 0.717) is 10.6 Å². The van der Waals surface area contributed by atoms with Crippen molar-refractivity contribution < 1.29 is 22.4 Å². The molecule has 0 aliphatic rings. The molecule has 11 heteroatoms. The fraction of sp³-hybridized carbons (Fsp3) is 0.286. The Morgan fingerprint density at radius 3 is 2.50 bits per heavy atom. The van der Waals surface area contributed by atoms with Crippen LogP contribution in [0.5, 0.6) is 0 Å². The van der Waals surface area contributed by atoms with Crippen LogP contribution in [0.15, 0.2) is 53.3 Å². The number of halogens is 5. The van der Waals surface area contributed by atoms with Crippen molar-refractivity contribution in [3.8, 4) is 11.4 Å². The Balaban J connectivity index is 1.77. The van der Waals surface area contributed by atoms with Crippen molar-refractivity contribution in [2.45, 2.75) is 38.9 Å². The third-order valence-electron chi connectivity index (χ3n) is 4.50. The largest absolute Gasteiger partial charge is 0.416 e. The quantitative estimate of drug-likeness (QED) is 0.529. The maximum absolute atomic E-state index is 13.6. The van der Waals surface area contributed by atoms with Crippen molar-refractivity contribution in [1.29, 1.82) is 0 Å². The van der Waals surface area contributed by atoms with E-state index in [0.717, 1.165) is 21.4 Å². The number of carbonyl (C=O) groups excluding carboxylic acids is 1. The molecule has 32 heavy (non-hydrogen) atoms. The first kappa shape index (κ1) is 23.5. The number of carbonyl (C=O) groups is 1. The molecule has 1 aromatic heterocycles. The molecular formula is C21H19ClF4N4O2. The van der Waals surface area contributed by atoms with Crippen molar-refractivity contribution in [1.82, 2.24) is 19.7 Å². The lowest BCUT2D eigenvalue weighted by Gasteiger charge is -2.09. The molecule has 1 N–H and O–H groups in total. The first-order chi connectivity index (χ1) is 15.0. The van der Waals surface area contributed by atoms with Crippen LogP contribution in [0.4, 0.5) is 17.6 Å². The molecule has 0 bridgehead atoms. The minimum atomic E-state index is -4.49. The van der Waals surface area contributed by atoms with E-state index in [9.17, 15) is 27.2 Å². The van der Waals surface area contributed by atoms with Crippen LogP contribution in [0.25, 0.3) is 11.4 Å². The van der Waals surface area contributed by atoms with Gasteiger partial charge in [0.05, 0.1) is 12.1 Å². The highest BCUT2D eigenvalue weighted by atomic mass is 35.5. The van der Waals surface area contributed by atoms with Crippen molar-refractivity contribution >= 4 is 17.5 Å². The minimum absolute atomic E-state index is 0.163. The minimum Gasteiger partial charge on any atom is -0.350 e. The van der Waals surface area contributed by atoms with Gasteiger partial charge in [0.25, 0.3) is 0 Å². The van der Waals surface area contributed by atoms with Crippen LogP contribution in [0.1, 0.15) is 18.1 Å². The first-order valence-corrected chi connectivity index (χ1v) is 9.93. The molecular weight excluding hydrogens is 452 g/mol. The third-order valence-corrected chi connectivity index (χ3v) is 4.75. The molecule has 0 aliphatic carbocycles. The molecule has 1 unspecified atom stereocenters. The number of amides is 1. The molecule has 0 saturated heterocycles. The van der Waals surface area contributed by atoms with Crippen molar-refractivity contribution in [3.05, 3.63) is 75.2 Å². The van der Waals surface area contributed by atoms with E-state index < -0.39 is 36.1 Å². The number of nitrogens with zero attached hydrogens (tertiary/aromatic N) is 3. The van der Waals surface area contributed by atoms with Gasteiger partial charge in [0.2, 0.25) is 5.91 Å². The van der Waals surface area contributed by atoms with E-state index in [2.05, 4.69) is 10.4 Å². The number of aromatic nitrogens is 3. The number of rotatable bonds is 7. The van der Waals surface area contributed by atoms with Crippen LogP contribution in [-0.4, -0.2) is 26.4 Å². The topological polar surface area (TPSA) is 68.9 Å². The van der Waals surface area contributed by atoms with E-state index in [1.54, 1.807) is 24.3 Å². The first-order valence-electron chi connectivity index (χ1n) is 9.55. The summed E-state index contributed by atoms with van der Waals surface area (Å²) in [6, 6.07) is 11.0. The summed E-state index contributed by atoms with van der Waals surface area (Å²) in [6.07, 6.45) is -5.84. The second-order valence-corrected chi connectivity index (χ2v) is 7.57. The van der Waals surface area contributed by atoms with Gasteiger partial charge in [-0.1, -0.05) is 23.7 Å². The smallest absolute Gasteiger partial charge is 0.350 e. The van der Waals surface area contributed by atoms with E-state index in [1.165, 1.54) is 19.1 Å². The predicted octanol–water partition coefficient (Wildman–Crippen LogP) is 4.06. The number of benzene rings is 2. The number of hydrogen-bond donors (Lipinski definition) is 1. The molecule has 3 rings (SSSR count). The van der Waals surface area contributed by atoms with E-state index >= 15 is 0 Å². The predicted molar refractivity (Wildman–Crippen MR) is 111 cm³/mol. The standard InChI is InChI=1S/C21H19ClF4N4O2/c1-13(23)11-29-19(15-5-7-17(22)8-6-15)28-30(20(29)32)12-18(31)27-10-14-3-2-4-16(9-14)21(24,25)26/h2-9,13H,10-12H2,1H3,(H,27,31). The van der Waals surface area contributed by atoms with Gasteiger partial charge in [-0.15, -0.1) is 5.10 Å². The molecule has 0 fully saturated rings. The van der Waals surface area contributed by atoms with Gasteiger partial charge in [0.1, 0.15) is 12.7 Å². The summed E-state index contributed by atoms with van der Waals surface area (Å²) in [7, 11) is 0. The summed E-state index contributed by atoms with van der Waals surface area (Å²) in [6.45, 7) is 0.385. The van der Waals surface area contributed by atoms with Gasteiger partial charge >= 0.3 is 11.9 Å². The number of nitrogens with one attached hydrogen (secondary N) is 1. The van der Waals surface area contributed by atoms with E-state index in [-0.39, 0.29) is 24.5 Å². The summed E-state index contributed by atoms with van der Waals surface area (Å²) < 4.78 is 54.1. The number of alkyl halides is 4. The molecule has 0 saturated carbocycles. The van der Waals surface area contributed by atoms with Gasteiger partial charge in [-0.2, -0.15) is 13.2 Å². The van der Waals surface area contributed by atoms with Crippen LogP contribution >= 0.6 is 11.6 Å². The molecule has 1 amide bonds. The van der Waals surface area contributed by atoms with E-state index in [1.807, 2.05) is 0 Å². The fourth-order valence-corrected chi connectivity index (χ4v) is 3.15. The molecule has 1 atom stereocenters. The normalized spacial score (nSPS) is 12.6. The zero-order chi connectivity index (χ0) is 23.5. The molecule has 0 aliphatic heterocycles. The zero-order valence-corrected chi connectivity index (χ0v) is 17.6. The third kappa shape index (κ3) is 5.76. The molecule has 0 radical (unpaired) electrons. The monoisotopic (exact) mass is 470 g/mol. The maximum atomic E-state index is 13.6. The van der Waals surface area contributed by atoms with Gasteiger partial charge in [0, 0.05) is 17.1 Å². The molecule has 3 aromatic rings. The molecule has 170 valence electrons. The SMILES string of the molecule is CC(F)Cn1c(-c2ccc(Cl)cc2)nn(CC(=O)NCc2cccc(C(F)(F)F)c2)c1=O. The molecule has 1 heterocycles. The summed E-state index contributed by atoms with van der Waals surface area (Å²) in [5.74, 6) is -0.466.